The summed E-state index contributed by atoms with van der Waals surface area (Å²) in [5.74, 6) is 0.736. The summed E-state index contributed by atoms with van der Waals surface area (Å²) in [4.78, 5) is 6.46. The van der Waals surface area contributed by atoms with E-state index >= 15 is 0 Å². The fraction of sp³-hybridized carbons (Fsp3) is 0.545. The van der Waals surface area contributed by atoms with Crippen molar-refractivity contribution in [3.05, 3.63) is 24.4 Å². The Labute approximate surface area is 84.7 Å². The van der Waals surface area contributed by atoms with E-state index in [1.807, 2.05) is 18.2 Å². The number of ether oxygens (including phenoxy) is 1. The minimum Gasteiger partial charge on any atom is -0.473 e. The first kappa shape index (κ1) is 9.46. The van der Waals surface area contributed by atoms with Crippen molar-refractivity contribution in [1.82, 2.24) is 9.88 Å². The topological polar surface area (TPSA) is 25.4 Å². The maximum atomic E-state index is 5.76. The highest BCUT2D eigenvalue weighted by Crippen LogP contribution is 2.19. The molecule has 1 aromatic rings. The van der Waals surface area contributed by atoms with Crippen LogP contribution < -0.4 is 4.74 Å². The van der Waals surface area contributed by atoms with Crippen LogP contribution in [0.3, 0.4) is 0 Å². The maximum Gasteiger partial charge on any atom is 0.213 e. The number of pyridine rings is 1. The number of likely N-dealkylation sites (tertiary alicyclic amines) is 1. The van der Waals surface area contributed by atoms with E-state index < -0.39 is 0 Å². The van der Waals surface area contributed by atoms with Crippen LogP contribution in [0.2, 0.25) is 0 Å². The zero-order chi connectivity index (χ0) is 9.97. The smallest absolute Gasteiger partial charge is 0.213 e. The van der Waals surface area contributed by atoms with E-state index in [1.165, 1.54) is 0 Å². The largest absolute Gasteiger partial charge is 0.473 e. The number of aromatic nitrogens is 1. The Balaban J connectivity index is 1.94. The maximum absolute atomic E-state index is 5.76. The van der Waals surface area contributed by atoms with Crippen LogP contribution in [-0.2, 0) is 0 Å². The molecule has 2 unspecified atom stereocenters. The van der Waals surface area contributed by atoms with Crippen molar-refractivity contribution in [1.29, 1.82) is 0 Å². The van der Waals surface area contributed by atoms with Gasteiger partial charge in [0, 0.05) is 31.3 Å². The lowest BCUT2D eigenvalue weighted by Gasteiger charge is -2.12. The Hall–Kier alpha value is -1.09. The number of nitrogens with zero attached hydrogens (tertiary/aromatic N) is 2. The van der Waals surface area contributed by atoms with Crippen LogP contribution in [-0.4, -0.2) is 35.6 Å². The second-order valence-electron chi connectivity index (χ2n) is 3.93. The van der Waals surface area contributed by atoms with Crippen molar-refractivity contribution < 1.29 is 4.74 Å². The second-order valence-corrected chi connectivity index (χ2v) is 3.93. The van der Waals surface area contributed by atoms with Gasteiger partial charge in [0.1, 0.15) is 6.10 Å². The molecule has 0 N–H and O–H groups in total. The first-order valence-corrected chi connectivity index (χ1v) is 5.03. The van der Waals surface area contributed by atoms with Crippen molar-refractivity contribution in [3.63, 3.8) is 0 Å². The van der Waals surface area contributed by atoms with Gasteiger partial charge in [-0.2, -0.15) is 0 Å². The highest BCUT2D eigenvalue weighted by atomic mass is 16.5. The van der Waals surface area contributed by atoms with Crippen LogP contribution >= 0.6 is 0 Å². The van der Waals surface area contributed by atoms with E-state index in [1.54, 1.807) is 6.20 Å². The van der Waals surface area contributed by atoms with Gasteiger partial charge in [-0.25, -0.2) is 4.98 Å². The highest BCUT2D eigenvalue weighted by Gasteiger charge is 2.27. The third kappa shape index (κ3) is 2.04. The van der Waals surface area contributed by atoms with Gasteiger partial charge in [-0.15, -0.1) is 0 Å². The number of hydrogen-bond acceptors (Lipinski definition) is 3. The molecule has 76 valence electrons. The van der Waals surface area contributed by atoms with Crippen molar-refractivity contribution >= 4 is 0 Å². The Kier molecular flexibility index (Phi) is 2.68. The summed E-state index contributed by atoms with van der Waals surface area (Å²) in [5, 5.41) is 0. The average molecular weight is 192 g/mol. The van der Waals surface area contributed by atoms with Crippen molar-refractivity contribution in [3.8, 4) is 5.88 Å². The molecule has 1 saturated heterocycles. The van der Waals surface area contributed by atoms with Crippen LogP contribution in [0.15, 0.2) is 24.4 Å². The molecule has 3 heteroatoms. The molecule has 0 radical (unpaired) electrons. The molecule has 2 rings (SSSR count). The van der Waals surface area contributed by atoms with Gasteiger partial charge in [-0.3, -0.25) is 4.90 Å². The Morgan fingerprint density at radius 2 is 2.36 bits per heavy atom. The summed E-state index contributed by atoms with van der Waals surface area (Å²) in [5.41, 5.74) is 0. The number of hydrogen-bond donors (Lipinski definition) is 0. The Morgan fingerprint density at radius 1 is 1.50 bits per heavy atom. The van der Waals surface area contributed by atoms with E-state index in [0.29, 0.717) is 12.1 Å². The van der Waals surface area contributed by atoms with Crippen LogP contribution in [0.5, 0.6) is 5.88 Å². The summed E-state index contributed by atoms with van der Waals surface area (Å²) in [6.45, 7) is 3.22. The fourth-order valence-corrected chi connectivity index (χ4v) is 1.81. The van der Waals surface area contributed by atoms with Gasteiger partial charge in [-0.05, 0) is 20.0 Å². The van der Waals surface area contributed by atoms with Gasteiger partial charge >= 0.3 is 0 Å². The van der Waals surface area contributed by atoms with Crippen LogP contribution in [0.4, 0.5) is 0 Å². The summed E-state index contributed by atoms with van der Waals surface area (Å²) in [6.07, 6.45) is 3.15. The molecule has 1 aromatic heterocycles. The average Bonchev–Trinajstić information content (AvgIpc) is 2.47. The minimum atomic E-state index is 0.296. The van der Waals surface area contributed by atoms with Gasteiger partial charge in [0.05, 0.1) is 0 Å². The predicted molar refractivity (Wildman–Crippen MR) is 55.4 cm³/mol. The molecular weight excluding hydrogens is 176 g/mol. The van der Waals surface area contributed by atoms with Crippen molar-refractivity contribution in [2.45, 2.75) is 25.5 Å². The first-order valence-electron chi connectivity index (χ1n) is 5.03. The zero-order valence-electron chi connectivity index (χ0n) is 8.68. The highest BCUT2D eigenvalue weighted by molar-refractivity contribution is 5.10. The van der Waals surface area contributed by atoms with E-state index in [2.05, 4.69) is 23.9 Å². The van der Waals surface area contributed by atoms with E-state index in [9.17, 15) is 0 Å². The van der Waals surface area contributed by atoms with Gasteiger partial charge < -0.3 is 4.74 Å². The Bertz CT molecular complexity index is 279. The fourth-order valence-electron chi connectivity index (χ4n) is 1.81. The molecule has 0 amide bonds. The minimum absolute atomic E-state index is 0.296. The molecule has 0 aliphatic carbocycles. The van der Waals surface area contributed by atoms with Gasteiger partial charge in [-0.1, -0.05) is 6.07 Å². The number of likely N-dealkylation sites (N-methyl/N-ethyl adjacent to an activating group) is 1. The predicted octanol–water partition coefficient (Wildman–Crippen LogP) is 1.55. The molecule has 0 aromatic carbocycles. The third-order valence-electron chi connectivity index (χ3n) is 2.77. The van der Waals surface area contributed by atoms with Crippen molar-refractivity contribution in [2.75, 3.05) is 13.6 Å². The number of rotatable bonds is 2. The van der Waals surface area contributed by atoms with Crippen molar-refractivity contribution in [2.24, 2.45) is 0 Å². The lowest BCUT2D eigenvalue weighted by Crippen LogP contribution is -2.23. The lowest BCUT2D eigenvalue weighted by atomic mass is 10.2. The monoisotopic (exact) mass is 192 g/mol. The van der Waals surface area contributed by atoms with Gasteiger partial charge in [0.2, 0.25) is 5.88 Å². The molecule has 2 heterocycles. The molecule has 0 bridgehead atoms. The quantitative estimate of drug-likeness (QED) is 0.711. The molecular formula is C11H16N2O. The molecule has 1 aliphatic rings. The molecule has 2 atom stereocenters. The summed E-state index contributed by atoms with van der Waals surface area (Å²) >= 11 is 0. The SMILES string of the molecule is CC1CC(Oc2ccccn2)CN1C. The summed E-state index contributed by atoms with van der Waals surface area (Å²) in [7, 11) is 2.13. The first-order chi connectivity index (χ1) is 6.75. The molecule has 3 nitrogen and oxygen atoms in total. The summed E-state index contributed by atoms with van der Waals surface area (Å²) in [6, 6.07) is 6.37. The van der Waals surface area contributed by atoms with E-state index in [-0.39, 0.29) is 0 Å². The van der Waals surface area contributed by atoms with E-state index in [0.717, 1.165) is 18.8 Å². The van der Waals surface area contributed by atoms with Gasteiger partial charge in [0.15, 0.2) is 0 Å². The van der Waals surface area contributed by atoms with Gasteiger partial charge in [0.25, 0.3) is 0 Å². The molecule has 1 aliphatic heterocycles. The van der Waals surface area contributed by atoms with Crippen LogP contribution in [0.1, 0.15) is 13.3 Å². The zero-order valence-corrected chi connectivity index (χ0v) is 8.68. The third-order valence-corrected chi connectivity index (χ3v) is 2.77. The molecule has 0 spiro atoms. The summed E-state index contributed by atoms with van der Waals surface area (Å²) < 4.78 is 5.76. The Morgan fingerprint density at radius 3 is 2.93 bits per heavy atom. The normalized spacial score (nSPS) is 27.9. The second kappa shape index (κ2) is 3.96. The lowest BCUT2D eigenvalue weighted by molar-refractivity contribution is 0.200. The van der Waals surface area contributed by atoms with E-state index in [4.69, 9.17) is 4.74 Å². The van der Waals surface area contributed by atoms with Crippen LogP contribution in [0.25, 0.3) is 0 Å². The molecule has 1 fully saturated rings. The van der Waals surface area contributed by atoms with Crippen LogP contribution in [0, 0.1) is 0 Å². The standard InChI is InChI=1S/C11H16N2O/c1-9-7-10(8-13(9)2)14-11-5-3-4-6-12-11/h3-6,9-10H,7-8H2,1-2H3. The molecule has 14 heavy (non-hydrogen) atoms. The molecule has 0 saturated carbocycles.